The molecule has 0 unspecified atom stereocenters. The number of hydrogen-bond donors (Lipinski definition) is 1. The lowest BCUT2D eigenvalue weighted by Gasteiger charge is -2.14. The first-order chi connectivity index (χ1) is 7.74. The minimum absolute atomic E-state index is 0.255. The van der Waals surface area contributed by atoms with Crippen molar-refractivity contribution in [2.75, 3.05) is 7.11 Å². The van der Waals surface area contributed by atoms with Gasteiger partial charge < -0.3 is 9.72 Å². The lowest BCUT2D eigenvalue weighted by atomic mass is 9.95. The second-order valence-corrected chi connectivity index (χ2v) is 3.87. The number of hydrogen-bond acceptors (Lipinski definition) is 2. The standard InChI is InChI=1S/C13H16N2O/c1-9-11(5-4-6-12(9)16-3)10(2)13-14-7-8-15-13/h4-8,10H,1-3H3,(H,14,15)/t10-/m1/s1. The minimum atomic E-state index is 0.255. The summed E-state index contributed by atoms with van der Waals surface area (Å²) in [6.07, 6.45) is 3.63. The van der Waals surface area contributed by atoms with Crippen molar-refractivity contribution in [2.24, 2.45) is 0 Å². The molecule has 16 heavy (non-hydrogen) atoms. The lowest BCUT2D eigenvalue weighted by Crippen LogP contribution is -2.02. The van der Waals surface area contributed by atoms with E-state index < -0.39 is 0 Å². The Bertz CT molecular complexity index is 463. The molecule has 2 aromatic rings. The second kappa shape index (κ2) is 4.39. The van der Waals surface area contributed by atoms with Crippen LogP contribution in [0.1, 0.15) is 29.8 Å². The van der Waals surface area contributed by atoms with E-state index in [1.807, 2.05) is 18.3 Å². The van der Waals surface area contributed by atoms with Gasteiger partial charge in [0.1, 0.15) is 11.6 Å². The van der Waals surface area contributed by atoms with E-state index in [2.05, 4.69) is 29.9 Å². The molecule has 1 aromatic carbocycles. The van der Waals surface area contributed by atoms with Crippen LogP contribution in [0.2, 0.25) is 0 Å². The number of H-pyrrole nitrogens is 1. The molecule has 84 valence electrons. The smallest absolute Gasteiger partial charge is 0.122 e. The van der Waals surface area contributed by atoms with Gasteiger partial charge in [0, 0.05) is 18.3 Å². The summed E-state index contributed by atoms with van der Waals surface area (Å²) in [4.78, 5) is 7.44. The Kier molecular flexibility index (Phi) is 2.95. The molecule has 1 heterocycles. The van der Waals surface area contributed by atoms with Gasteiger partial charge in [0.05, 0.1) is 7.11 Å². The molecule has 1 atom stereocenters. The van der Waals surface area contributed by atoms with Crippen LogP contribution in [-0.4, -0.2) is 17.1 Å². The average molecular weight is 216 g/mol. The first-order valence-electron chi connectivity index (χ1n) is 5.36. The molecule has 0 spiro atoms. The predicted octanol–water partition coefficient (Wildman–Crippen LogP) is 2.88. The number of aromatic amines is 1. The van der Waals surface area contributed by atoms with E-state index in [0.717, 1.165) is 11.6 Å². The van der Waals surface area contributed by atoms with E-state index in [-0.39, 0.29) is 5.92 Å². The van der Waals surface area contributed by atoms with Crippen LogP contribution in [0.25, 0.3) is 0 Å². The highest BCUT2D eigenvalue weighted by Crippen LogP contribution is 2.29. The topological polar surface area (TPSA) is 37.9 Å². The summed E-state index contributed by atoms with van der Waals surface area (Å²) in [5, 5.41) is 0. The number of methoxy groups -OCH3 is 1. The fourth-order valence-electron chi connectivity index (χ4n) is 1.98. The SMILES string of the molecule is COc1cccc([C@@H](C)c2ncc[nH]2)c1C. The van der Waals surface area contributed by atoms with Crippen molar-refractivity contribution in [3.8, 4) is 5.75 Å². The van der Waals surface area contributed by atoms with Crippen molar-refractivity contribution >= 4 is 0 Å². The molecule has 3 heteroatoms. The Labute approximate surface area is 95.5 Å². The van der Waals surface area contributed by atoms with E-state index >= 15 is 0 Å². The van der Waals surface area contributed by atoms with Crippen molar-refractivity contribution in [1.82, 2.24) is 9.97 Å². The number of rotatable bonds is 3. The van der Waals surface area contributed by atoms with Gasteiger partial charge in [-0.1, -0.05) is 19.1 Å². The van der Waals surface area contributed by atoms with Gasteiger partial charge in [-0.2, -0.15) is 0 Å². The summed E-state index contributed by atoms with van der Waals surface area (Å²) >= 11 is 0. The van der Waals surface area contributed by atoms with Gasteiger partial charge in [0.15, 0.2) is 0 Å². The molecule has 0 radical (unpaired) electrons. The lowest BCUT2D eigenvalue weighted by molar-refractivity contribution is 0.411. The molecule has 0 aliphatic rings. The first-order valence-corrected chi connectivity index (χ1v) is 5.36. The van der Waals surface area contributed by atoms with Gasteiger partial charge in [0.2, 0.25) is 0 Å². The van der Waals surface area contributed by atoms with Crippen molar-refractivity contribution in [1.29, 1.82) is 0 Å². The fraction of sp³-hybridized carbons (Fsp3) is 0.308. The molecule has 3 nitrogen and oxygen atoms in total. The molecule has 0 amide bonds. The second-order valence-electron chi connectivity index (χ2n) is 3.87. The summed E-state index contributed by atoms with van der Waals surface area (Å²) in [5.74, 6) is 2.16. The monoisotopic (exact) mass is 216 g/mol. The molecular formula is C13H16N2O. The molecule has 1 N–H and O–H groups in total. The van der Waals surface area contributed by atoms with Gasteiger partial charge in [-0.25, -0.2) is 4.98 Å². The quantitative estimate of drug-likeness (QED) is 0.856. The van der Waals surface area contributed by atoms with Crippen LogP contribution >= 0.6 is 0 Å². The highest BCUT2D eigenvalue weighted by atomic mass is 16.5. The van der Waals surface area contributed by atoms with Crippen molar-refractivity contribution < 1.29 is 4.74 Å². The zero-order valence-corrected chi connectivity index (χ0v) is 9.82. The maximum atomic E-state index is 5.32. The maximum absolute atomic E-state index is 5.32. The predicted molar refractivity (Wildman–Crippen MR) is 63.8 cm³/mol. The summed E-state index contributed by atoms with van der Waals surface area (Å²) in [7, 11) is 1.70. The van der Waals surface area contributed by atoms with Crippen LogP contribution in [0, 0.1) is 6.92 Å². The fourth-order valence-corrected chi connectivity index (χ4v) is 1.98. The average Bonchev–Trinajstić information content (AvgIpc) is 2.82. The van der Waals surface area contributed by atoms with Crippen LogP contribution in [-0.2, 0) is 0 Å². The van der Waals surface area contributed by atoms with E-state index in [0.29, 0.717) is 0 Å². The highest BCUT2D eigenvalue weighted by Gasteiger charge is 2.14. The van der Waals surface area contributed by atoms with Crippen molar-refractivity contribution in [3.05, 3.63) is 47.5 Å². The van der Waals surface area contributed by atoms with Gasteiger partial charge in [0.25, 0.3) is 0 Å². The summed E-state index contributed by atoms with van der Waals surface area (Å²) in [5.41, 5.74) is 2.42. The number of aromatic nitrogens is 2. The molecule has 0 saturated carbocycles. The van der Waals surface area contributed by atoms with Gasteiger partial charge in [-0.15, -0.1) is 0 Å². The Morgan fingerprint density at radius 3 is 2.81 bits per heavy atom. The van der Waals surface area contributed by atoms with Crippen LogP contribution in [0.5, 0.6) is 5.75 Å². The number of ether oxygens (including phenoxy) is 1. The van der Waals surface area contributed by atoms with E-state index in [1.165, 1.54) is 11.1 Å². The number of nitrogens with zero attached hydrogens (tertiary/aromatic N) is 1. The zero-order valence-electron chi connectivity index (χ0n) is 9.82. The third-order valence-electron chi connectivity index (χ3n) is 2.94. The summed E-state index contributed by atoms with van der Waals surface area (Å²) in [6, 6.07) is 6.11. The largest absolute Gasteiger partial charge is 0.496 e. The molecule has 0 saturated heterocycles. The third kappa shape index (κ3) is 1.81. The maximum Gasteiger partial charge on any atom is 0.122 e. The number of benzene rings is 1. The number of imidazole rings is 1. The van der Waals surface area contributed by atoms with E-state index in [9.17, 15) is 0 Å². The Balaban J connectivity index is 2.41. The van der Waals surface area contributed by atoms with Crippen LogP contribution < -0.4 is 4.74 Å². The highest BCUT2D eigenvalue weighted by molar-refractivity contribution is 5.42. The van der Waals surface area contributed by atoms with Crippen LogP contribution in [0.4, 0.5) is 0 Å². The molecular weight excluding hydrogens is 200 g/mol. The van der Waals surface area contributed by atoms with Crippen LogP contribution in [0.15, 0.2) is 30.6 Å². The Morgan fingerprint density at radius 1 is 1.38 bits per heavy atom. The molecule has 2 rings (SSSR count). The molecule has 0 aliphatic heterocycles. The van der Waals surface area contributed by atoms with Gasteiger partial charge in [-0.3, -0.25) is 0 Å². The molecule has 0 aliphatic carbocycles. The molecule has 1 aromatic heterocycles. The van der Waals surface area contributed by atoms with E-state index in [4.69, 9.17) is 4.74 Å². The Morgan fingerprint density at radius 2 is 2.19 bits per heavy atom. The Hall–Kier alpha value is -1.77. The normalized spacial score (nSPS) is 12.4. The molecule has 0 fully saturated rings. The third-order valence-corrected chi connectivity index (χ3v) is 2.94. The van der Waals surface area contributed by atoms with Gasteiger partial charge >= 0.3 is 0 Å². The first kappa shape index (κ1) is 10.7. The summed E-state index contributed by atoms with van der Waals surface area (Å²) in [6.45, 7) is 4.22. The van der Waals surface area contributed by atoms with E-state index in [1.54, 1.807) is 13.3 Å². The van der Waals surface area contributed by atoms with Crippen molar-refractivity contribution in [3.63, 3.8) is 0 Å². The van der Waals surface area contributed by atoms with Gasteiger partial charge in [-0.05, 0) is 24.1 Å². The minimum Gasteiger partial charge on any atom is -0.496 e. The summed E-state index contributed by atoms with van der Waals surface area (Å²) < 4.78 is 5.32. The molecule has 0 bridgehead atoms. The number of nitrogens with one attached hydrogen (secondary N) is 1. The zero-order chi connectivity index (χ0) is 11.5. The van der Waals surface area contributed by atoms with Crippen molar-refractivity contribution in [2.45, 2.75) is 19.8 Å². The van der Waals surface area contributed by atoms with Crippen LogP contribution in [0.3, 0.4) is 0 Å².